The molecular weight excluding hydrogens is 452 g/mol. The van der Waals surface area contributed by atoms with Crippen LogP contribution in [-0.4, -0.2) is 42.3 Å². The molecule has 0 bridgehead atoms. The summed E-state index contributed by atoms with van der Waals surface area (Å²) in [5.74, 6) is -0.467. The largest absolute Gasteiger partial charge is 0.461 e. The van der Waals surface area contributed by atoms with Crippen LogP contribution in [0.25, 0.3) is 6.08 Å². The highest BCUT2D eigenvalue weighted by Crippen LogP contribution is 2.33. The molecule has 0 saturated carbocycles. The van der Waals surface area contributed by atoms with Gasteiger partial charge in [0.1, 0.15) is 6.61 Å². The second-order valence-corrected chi connectivity index (χ2v) is 9.66. The fraction of sp³-hybridized carbons (Fsp3) is 0.429. The molecule has 6 heteroatoms. The molecule has 1 N–H and O–H groups in total. The number of hydrogen-bond donors (Lipinski definition) is 1. The van der Waals surface area contributed by atoms with Gasteiger partial charge < -0.3 is 14.6 Å². The predicted octanol–water partition coefficient (Wildman–Crippen LogP) is 5.73. The van der Waals surface area contributed by atoms with Crippen molar-refractivity contribution >= 4 is 29.4 Å². The van der Waals surface area contributed by atoms with Gasteiger partial charge in [-0.05, 0) is 50.5 Å². The van der Waals surface area contributed by atoms with Gasteiger partial charge in [-0.15, -0.1) is 0 Å². The van der Waals surface area contributed by atoms with Crippen LogP contribution < -0.4 is 0 Å². The molecule has 2 rings (SSSR count). The van der Waals surface area contributed by atoms with Crippen molar-refractivity contribution in [1.82, 2.24) is 0 Å². The van der Waals surface area contributed by atoms with E-state index in [4.69, 9.17) is 21.1 Å². The van der Waals surface area contributed by atoms with Crippen LogP contribution in [0.4, 0.5) is 0 Å². The fourth-order valence-electron chi connectivity index (χ4n) is 3.53. The minimum absolute atomic E-state index is 0.0270. The summed E-state index contributed by atoms with van der Waals surface area (Å²) in [6.07, 6.45) is 13.3. The summed E-state index contributed by atoms with van der Waals surface area (Å²) in [6.45, 7) is 7.64. The van der Waals surface area contributed by atoms with Crippen LogP contribution >= 0.6 is 11.6 Å². The average molecular weight is 487 g/mol. The molecule has 1 aromatic rings. The average Bonchev–Trinajstić information content (AvgIpc) is 3.09. The van der Waals surface area contributed by atoms with Crippen molar-refractivity contribution in [2.24, 2.45) is 11.3 Å². The van der Waals surface area contributed by atoms with Crippen LogP contribution in [0, 0.1) is 11.3 Å². The topological polar surface area (TPSA) is 72.8 Å². The van der Waals surface area contributed by atoms with Crippen LogP contribution in [0.3, 0.4) is 0 Å². The van der Waals surface area contributed by atoms with Crippen molar-refractivity contribution in [2.75, 3.05) is 13.2 Å². The lowest BCUT2D eigenvalue weighted by Gasteiger charge is -2.28. The number of benzene rings is 1. The number of allylic oxidation sites excluding steroid dienone is 4. The molecule has 0 radical (unpaired) electrons. The minimum atomic E-state index is -0.654. The van der Waals surface area contributed by atoms with Crippen molar-refractivity contribution in [3.05, 3.63) is 76.9 Å². The lowest BCUT2D eigenvalue weighted by molar-refractivity contribution is -0.152. The summed E-state index contributed by atoms with van der Waals surface area (Å²) in [6, 6.07) is 7.51. The van der Waals surface area contributed by atoms with Gasteiger partial charge >= 0.3 is 5.97 Å². The van der Waals surface area contributed by atoms with Crippen molar-refractivity contribution in [2.45, 2.75) is 52.7 Å². The van der Waals surface area contributed by atoms with Gasteiger partial charge in [-0.25, -0.2) is 4.79 Å². The zero-order valence-electron chi connectivity index (χ0n) is 20.4. The Balaban J connectivity index is 1.89. The van der Waals surface area contributed by atoms with E-state index in [0.717, 1.165) is 5.56 Å². The molecule has 1 aliphatic rings. The van der Waals surface area contributed by atoms with Gasteiger partial charge in [0, 0.05) is 21.9 Å². The normalized spacial score (nSPS) is 18.6. The van der Waals surface area contributed by atoms with Gasteiger partial charge in [-0.2, -0.15) is 0 Å². The van der Waals surface area contributed by atoms with E-state index in [1.807, 2.05) is 74.6 Å². The Hall–Kier alpha value is -2.47. The second kappa shape index (κ2) is 13.4. The number of carbonyl (C=O) groups excluding carboxylic acids is 2. The van der Waals surface area contributed by atoms with E-state index in [2.05, 4.69) is 0 Å². The minimum Gasteiger partial charge on any atom is -0.461 e. The Labute approximate surface area is 207 Å². The molecule has 184 valence electrons. The van der Waals surface area contributed by atoms with Gasteiger partial charge in [0.25, 0.3) is 0 Å². The number of aliphatic hydroxyl groups is 1. The number of aliphatic hydroxyl groups excluding tert-OH is 1. The molecule has 0 heterocycles. The zero-order valence-corrected chi connectivity index (χ0v) is 21.1. The molecule has 0 fully saturated rings. The maximum atomic E-state index is 12.5. The van der Waals surface area contributed by atoms with Crippen molar-refractivity contribution in [1.29, 1.82) is 0 Å². The molecule has 0 spiro atoms. The molecule has 0 aromatic heterocycles. The van der Waals surface area contributed by atoms with Crippen molar-refractivity contribution in [3.63, 3.8) is 0 Å². The van der Waals surface area contributed by atoms with Gasteiger partial charge in [0.15, 0.2) is 5.78 Å². The molecule has 1 aliphatic carbocycles. The molecule has 2 unspecified atom stereocenters. The first-order chi connectivity index (χ1) is 16.1. The van der Waals surface area contributed by atoms with E-state index in [1.54, 1.807) is 19.9 Å². The van der Waals surface area contributed by atoms with Crippen LogP contribution in [0.5, 0.6) is 0 Å². The van der Waals surface area contributed by atoms with Crippen LogP contribution in [0.15, 0.2) is 66.3 Å². The van der Waals surface area contributed by atoms with E-state index >= 15 is 0 Å². The monoisotopic (exact) mass is 486 g/mol. The number of hydrogen-bond acceptors (Lipinski definition) is 5. The van der Waals surface area contributed by atoms with E-state index in [9.17, 15) is 14.7 Å². The van der Waals surface area contributed by atoms with Gasteiger partial charge in [-0.3, -0.25) is 4.79 Å². The molecule has 0 amide bonds. The third kappa shape index (κ3) is 9.41. The maximum absolute atomic E-state index is 12.5. The van der Waals surface area contributed by atoms with Crippen LogP contribution in [0.2, 0.25) is 5.02 Å². The Morgan fingerprint density at radius 2 is 2.00 bits per heavy atom. The third-order valence-electron chi connectivity index (χ3n) is 5.43. The highest BCUT2D eigenvalue weighted by molar-refractivity contribution is 6.30. The standard InChI is InChI=1S/C28H35ClO5/c1-20(2)34-27(32)19-33-16-6-5-11-22-14-15-25(30)24(22)18-28(3,4)26(31)13-8-10-21-9-7-12-23(29)17-21/h5-10,12,14-15,17-18,20,22,26,31H,11,13,16,19H2,1-4H3. The van der Waals surface area contributed by atoms with Crippen molar-refractivity contribution in [3.8, 4) is 0 Å². The van der Waals surface area contributed by atoms with E-state index in [1.165, 1.54) is 0 Å². The number of esters is 1. The van der Waals surface area contributed by atoms with E-state index in [0.29, 0.717) is 30.0 Å². The summed E-state index contributed by atoms with van der Waals surface area (Å²) in [4.78, 5) is 23.9. The Morgan fingerprint density at radius 3 is 2.71 bits per heavy atom. The summed E-state index contributed by atoms with van der Waals surface area (Å²) in [5.41, 5.74) is 1.07. The smallest absolute Gasteiger partial charge is 0.332 e. The number of ketones is 1. The SMILES string of the molecule is CC(C)OC(=O)COCC=CCC1C=CC(=O)C1=CC(C)(C)C(O)CC=Cc1cccc(Cl)c1. The number of halogens is 1. The first-order valence-electron chi connectivity index (χ1n) is 11.6. The number of rotatable bonds is 12. The third-order valence-corrected chi connectivity index (χ3v) is 5.66. The quantitative estimate of drug-likeness (QED) is 0.177. The molecular formula is C28H35ClO5. The summed E-state index contributed by atoms with van der Waals surface area (Å²) < 4.78 is 10.3. The van der Waals surface area contributed by atoms with Crippen LogP contribution in [0.1, 0.15) is 46.1 Å². The molecule has 0 aliphatic heterocycles. The van der Waals surface area contributed by atoms with Gasteiger partial charge in [0.05, 0.1) is 18.8 Å². The molecule has 1 aromatic carbocycles. The lowest BCUT2D eigenvalue weighted by Crippen LogP contribution is -2.28. The lowest BCUT2D eigenvalue weighted by atomic mass is 9.80. The fourth-order valence-corrected chi connectivity index (χ4v) is 3.73. The Kier molecular flexibility index (Phi) is 11.0. The zero-order chi connectivity index (χ0) is 25.1. The summed E-state index contributed by atoms with van der Waals surface area (Å²) in [5, 5.41) is 11.5. The first-order valence-corrected chi connectivity index (χ1v) is 11.9. The predicted molar refractivity (Wildman–Crippen MR) is 136 cm³/mol. The summed E-state index contributed by atoms with van der Waals surface area (Å²) >= 11 is 6.01. The highest BCUT2D eigenvalue weighted by Gasteiger charge is 2.30. The Morgan fingerprint density at radius 1 is 1.24 bits per heavy atom. The maximum Gasteiger partial charge on any atom is 0.332 e. The number of ether oxygens (including phenoxy) is 2. The van der Waals surface area contributed by atoms with Crippen molar-refractivity contribution < 1.29 is 24.2 Å². The molecule has 2 atom stereocenters. The molecule has 34 heavy (non-hydrogen) atoms. The first kappa shape index (κ1) is 27.8. The van der Waals surface area contributed by atoms with Gasteiger partial charge in [-0.1, -0.05) is 74.0 Å². The Bertz CT molecular complexity index is 955. The second-order valence-electron chi connectivity index (χ2n) is 9.22. The van der Waals surface area contributed by atoms with Crippen LogP contribution in [-0.2, 0) is 19.1 Å². The molecule has 0 saturated heterocycles. The molecule has 5 nitrogen and oxygen atoms in total. The van der Waals surface area contributed by atoms with E-state index in [-0.39, 0.29) is 30.4 Å². The van der Waals surface area contributed by atoms with Gasteiger partial charge in [0.2, 0.25) is 0 Å². The highest BCUT2D eigenvalue weighted by atomic mass is 35.5. The van der Waals surface area contributed by atoms with E-state index < -0.39 is 11.5 Å². The number of carbonyl (C=O) groups is 2. The summed E-state index contributed by atoms with van der Waals surface area (Å²) in [7, 11) is 0.